The van der Waals surface area contributed by atoms with Gasteiger partial charge in [-0.05, 0) is 28.7 Å². The summed E-state index contributed by atoms with van der Waals surface area (Å²) in [7, 11) is 1.58. The van der Waals surface area contributed by atoms with Crippen molar-refractivity contribution in [3.05, 3.63) is 53.6 Å². The Kier molecular flexibility index (Phi) is 4.00. The molecule has 0 N–H and O–H groups in total. The third-order valence-electron chi connectivity index (χ3n) is 3.29. The van der Waals surface area contributed by atoms with E-state index in [2.05, 4.69) is 38.1 Å². The maximum Gasteiger partial charge on any atom is 0.154 e. The fourth-order valence-corrected chi connectivity index (χ4v) is 2.14. The van der Waals surface area contributed by atoms with Gasteiger partial charge in [-0.2, -0.15) is 0 Å². The van der Waals surface area contributed by atoms with Gasteiger partial charge in [0.1, 0.15) is 5.75 Å². The van der Waals surface area contributed by atoms with Crippen molar-refractivity contribution in [2.45, 2.75) is 19.8 Å². The Bertz CT molecular complexity index is 568. The zero-order chi connectivity index (χ0) is 13.8. The fraction of sp³-hybridized carbons (Fsp3) is 0.235. The largest absolute Gasteiger partial charge is 0.496 e. The van der Waals surface area contributed by atoms with Gasteiger partial charge in [-0.15, -0.1) is 0 Å². The highest BCUT2D eigenvalue weighted by Crippen LogP contribution is 2.30. The summed E-state index contributed by atoms with van der Waals surface area (Å²) in [4.78, 5) is 11.3. The monoisotopic (exact) mass is 254 g/mol. The SMILES string of the molecule is COc1cccc(-c2ccc(C(C)C)cc2)c1C=O. The second kappa shape index (κ2) is 5.70. The molecular formula is C17H18O2. The summed E-state index contributed by atoms with van der Waals surface area (Å²) in [6.45, 7) is 4.33. The standard InChI is InChI=1S/C17H18O2/c1-12(2)13-7-9-14(10-8-13)15-5-4-6-17(19-3)16(15)11-18/h4-12H,1-3H3. The summed E-state index contributed by atoms with van der Waals surface area (Å²) in [6.07, 6.45) is 0.852. The fourth-order valence-electron chi connectivity index (χ4n) is 2.14. The first-order valence-corrected chi connectivity index (χ1v) is 6.40. The van der Waals surface area contributed by atoms with Crippen molar-refractivity contribution in [3.63, 3.8) is 0 Å². The van der Waals surface area contributed by atoms with Crippen molar-refractivity contribution in [1.82, 2.24) is 0 Å². The van der Waals surface area contributed by atoms with E-state index >= 15 is 0 Å². The van der Waals surface area contributed by atoms with E-state index in [4.69, 9.17) is 4.74 Å². The normalized spacial score (nSPS) is 10.5. The predicted octanol–water partition coefficient (Wildman–Crippen LogP) is 4.30. The molecule has 0 saturated heterocycles. The van der Waals surface area contributed by atoms with E-state index in [1.165, 1.54) is 5.56 Å². The van der Waals surface area contributed by atoms with Crippen LogP contribution in [-0.4, -0.2) is 13.4 Å². The highest BCUT2D eigenvalue weighted by atomic mass is 16.5. The van der Waals surface area contributed by atoms with E-state index < -0.39 is 0 Å². The molecule has 2 rings (SSSR count). The van der Waals surface area contributed by atoms with Gasteiger partial charge in [0, 0.05) is 0 Å². The molecule has 0 atom stereocenters. The number of carbonyl (C=O) groups is 1. The average Bonchev–Trinajstić information content (AvgIpc) is 2.46. The average molecular weight is 254 g/mol. The first-order chi connectivity index (χ1) is 9.17. The number of rotatable bonds is 4. The Morgan fingerprint density at radius 1 is 1.05 bits per heavy atom. The van der Waals surface area contributed by atoms with Crippen molar-refractivity contribution in [3.8, 4) is 16.9 Å². The van der Waals surface area contributed by atoms with Gasteiger partial charge < -0.3 is 4.74 Å². The third kappa shape index (κ3) is 2.68. The van der Waals surface area contributed by atoms with E-state index in [1.54, 1.807) is 13.2 Å². The van der Waals surface area contributed by atoms with Crippen LogP contribution in [0, 0.1) is 0 Å². The van der Waals surface area contributed by atoms with Crippen LogP contribution in [0.4, 0.5) is 0 Å². The molecule has 0 fully saturated rings. The summed E-state index contributed by atoms with van der Waals surface area (Å²) in [5, 5.41) is 0. The number of hydrogen-bond acceptors (Lipinski definition) is 2. The molecule has 0 bridgehead atoms. The molecule has 19 heavy (non-hydrogen) atoms. The summed E-state index contributed by atoms with van der Waals surface area (Å²) in [5.41, 5.74) is 3.83. The van der Waals surface area contributed by atoms with Gasteiger partial charge in [0.2, 0.25) is 0 Å². The van der Waals surface area contributed by atoms with Gasteiger partial charge in [0.15, 0.2) is 6.29 Å². The molecule has 0 radical (unpaired) electrons. The molecule has 0 spiro atoms. The molecule has 2 heteroatoms. The van der Waals surface area contributed by atoms with Crippen LogP contribution in [0.5, 0.6) is 5.75 Å². The number of aldehydes is 1. The molecule has 0 unspecified atom stereocenters. The lowest BCUT2D eigenvalue weighted by Crippen LogP contribution is -1.94. The van der Waals surface area contributed by atoms with Crippen LogP contribution in [0.25, 0.3) is 11.1 Å². The number of hydrogen-bond donors (Lipinski definition) is 0. The molecule has 0 aliphatic rings. The van der Waals surface area contributed by atoms with E-state index in [0.29, 0.717) is 17.2 Å². The Labute approximate surface area is 114 Å². The quantitative estimate of drug-likeness (QED) is 0.760. The number of ether oxygens (including phenoxy) is 1. The minimum Gasteiger partial charge on any atom is -0.496 e. The van der Waals surface area contributed by atoms with Crippen LogP contribution in [0.1, 0.15) is 35.7 Å². The topological polar surface area (TPSA) is 26.3 Å². The van der Waals surface area contributed by atoms with Gasteiger partial charge >= 0.3 is 0 Å². The van der Waals surface area contributed by atoms with Crippen molar-refractivity contribution >= 4 is 6.29 Å². The maximum atomic E-state index is 11.3. The van der Waals surface area contributed by atoms with Crippen LogP contribution < -0.4 is 4.74 Å². The molecule has 0 amide bonds. The first-order valence-electron chi connectivity index (χ1n) is 6.40. The molecule has 0 aromatic heterocycles. The number of benzene rings is 2. The summed E-state index contributed by atoms with van der Waals surface area (Å²) >= 11 is 0. The van der Waals surface area contributed by atoms with Crippen molar-refractivity contribution < 1.29 is 9.53 Å². The molecule has 2 aromatic rings. The van der Waals surface area contributed by atoms with Crippen LogP contribution in [-0.2, 0) is 0 Å². The third-order valence-corrected chi connectivity index (χ3v) is 3.29. The van der Waals surface area contributed by atoms with Crippen molar-refractivity contribution in [2.75, 3.05) is 7.11 Å². The lowest BCUT2D eigenvalue weighted by atomic mass is 9.96. The molecule has 2 aromatic carbocycles. The summed E-state index contributed by atoms with van der Waals surface area (Å²) < 4.78 is 5.23. The Balaban J connectivity index is 2.49. The lowest BCUT2D eigenvalue weighted by Gasteiger charge is -2.11. The first kappa shape index (κ1) is 13.3. The van der Waals surface area contributed by atoms with Crippen molar-refractivity contribution in [1.29, 1.82) is 0 Å². The van der Waals surface area contributed by atoms with Gasteiger partial charge in [-0.3, -0.25) is 4.79 Å². The van der Waals surface area contributed by atoms with E-state index in [9.17, 15) is 4.79 Å². The Hall–Kier alpha value is -2.09. The molecule has 2 nitrogen and oxygen atoms in total. The van der Waals surface area contributed by atoms with Crippen molar-refractivity contribution in [2.24, 2.45) is 0 Å². The molecular weight excluding hydrogens is 236 g/mol. The summed E-state index contributed by atoms with van der Waals surface area (Å²) in [5.74, 6) is 1.12. The van der Waals surface area contributed by atoms with Gasteiger partial charge in [-0.25, -0.2) is 0 Å². The smallest absolute Gasteiger partial charge is 0.154 e. The molecule has 0 saturated carbocycles. The van der Waals surface area contributed by atoms with Crippen LogP contribution in [0.15, 0.2) is 42.5 Å². The number of carbonyl (C=O) groups excluding carboxylic acids is 1. The second-order valence-corrected chi connectivity index (χ2v) is 4.82. The van der Waals surface area contributed by atoms with Crippen LogP contribution >= 0.6 is 0 Å². The Morgan fingerprint density at radius 2 is 1.74 bits per heavy atom. The minimum atomic E-state index is 0.505. The second-order valence-electron chi connectivity index (χ2n) is 4.82. The van der Waals surface area contributed by atoms with Crippen LogP contribution in [0.3, 0.4) is 0 Å². The van der Waals surface area contributed by atoms with Gasteiger partial charge in [0.25, 0.3) is 0 Å². The van der Waals surface area contributed by atoms with Crippen LogP contribution in [0.2, 0.25) is 0 Å². The molecule has 98 valence electrons. The minimum absolute atomic E-state index is 0.505. The van der Waals surface area contributed by atoms with E-state index in [-0.39, 0.29) is 0 Å². The highest BCUT2D eigenvalue weighted by Gasteiger charge is 2.10. The lowest BCUT2D eigenvalue weighted by molar-refractivity contribution is 0.112. The maximum absolute atomic E-state index is 11.3. The number of methoxy groups -OCH3 is 1. The van der Waals surface area contributed by atoms with Gasteiger partial charge in [0.05, 0.1) is 12.7 Å². The molecule has 0 aliphatic heterocycles. The highest BCUT2D eigenvalue weighted by molar-refractivity contribution is 5.91. The zero-order valence-corrected chi connectivity index (χ0v) is 11.5. The molecule has 0 aliphatic carbocycles. The predicted molar refractivity (Wildman–Crippen MR) is 77.9 cm³/mol. The zero-order valence-electron chi connectivity index (χ0n) is 11.5. The van der Waals surface area contributed by atoms with Gasteiger partial charge in [-0.1, -0.05) is 50.2 Å². The summed E-state index contributed by atoms with van der Waals surface area (Å²) in [6, 6.07) is 14.0. The molecule has 0 heterocycles. The Morgan fingerprint density at radius 3 is 2.26 bits per heavy atom. The van der Waals surface area contributed by atoms with E-state index in [0.717, 1.165) is 17.4 Å². The van der Waals surface area contributed by atoms with E-state index in [1.807, 2.05) is 12.1 Å².